The first-order valence-corrected chi connectivity index (χ1v) is 6.89. The smallest absolute Gasteiger partial charge is 0.318 e. The lowest BCUT2D eigenvalue weighted by atomic mass is 10.0. The number of hydrogen-bond donors (Lipinski definition) is 2. The molecule has 1 unspecified atom stereocenters. The number of nitrogens with one attached hydrogen (secondary N) is 2. The molecule has 6 heteroatoms. The number of carbonyl (C=O) groups excluding carboxylic acids is 1. The van der Waals surface area contributed by atoms with Gasteiger partial charge in [0.05, 0.1) is 0 Å². The normalized spacial score (nSPS) is 13.3. The lowest BCUT2D eigenvalue weighted by Crippen LogP contribution is -2.30. The first-order chi connectivity index (χ1) is 9.68. The number of anilines is 1. The van der Waals surface area contributed by atoms with Crippen LogP contribution in [-0.2, 0) is 11.3 Å². The van der Waals surface area contributed by atoms with Gasteiger partial charge in [0.2, 0.25) is 0 Å². The first-order valence-electron chi connectivity index (χ1n) is 6.89. The van der Waals surface area contributed by atoms with E-state index in [1.165, 1.54) is 6.07 Å². The molecule has 1 amide bonds. The number of halogens is 3. The van der Waals surface area contributed by atoms with Gasteiger partial charge in [-0.2, -0.15) is 13.2 Å². The summed E-state index contributed by atoms with van der Waals surface area (Å²) in [4.78, 5) is 10.9. The fraction of sp³-hybridized carbons (Fsp3) is 0.533. The Morgan fingerprint density at radius 2 is 1.90 bits per heavy atom. The lowest BCUT2D eigenvalue weighted by Gasteiger charge is -2.16. The van der Waals surface area contributed by atoms with E-state index < -0.39 is 12.1 Å². The van der Waals surface area contributed by atoms with Crippen LogP contribution in [0, 0.1) is 5.92 Å². The van der Waals surface area contributed by atoms with Gasteiger partial charge in [-0.3, -0.25) is 4.79 Å². The van der Waals surface area contributed by atoms with E-state index in [2.05, 4.69) is 26.1 Å². The molecular weight excluding hydrogens is 281 g/mol. The van der Waals surface area contributed by atoms with Gasteiger partial charge in [-0.05, 0) is 37.0 Å². The summed E-state index contributed by atoms with van der Waals surface area (Å²) in [6.45, 7) is 6.87. The summed E-state index contributed by atoms with van der Waals surface area (Å²) in [5.41, 5.74) is 0.971. The predicted molar refractivity (Wildman–Crippen MR) is 76.9 cm³/mol. The van der Waals surface area contributed by atoms with E-state index in [1.54, 1.807) is 18.2 Å². The van der Waals surface area contributed by atoms with Crippen molar-refractivity contribution in [1.82, 2.24) is 5.32 Å². The molecule has 1 rings (SSSR count). The molecule has 0 bridgehead atoms. The molecule has 1 aromatic rings. The quantitative estimate of drug-likeness (QED) is 0.841. The van der Waals surface area contributed by atoms with Crippen LogP contribution in [0.2, 0.25) is 0 Å². The summed E-state index contributed by atoms with van der Waals surface area (Å²) in [7, 11) is 0. The minimum absolute atomic E-state index is 0.146. The van der Waals surface area contributed by atoms with Gasteiger partial charge >= 0.3 is 12.1 Å². The summed E-state index contributed by atoms with van der Waals surface area (Å²) in [5, 5.41) is 5.16. The SMILES string of the molecule is CC(C)CC(C)NCc1cccc(NC(=O)C(F)(F)F)c1. The van der Waals surface area contributed by atoms with E-state index in [0.717, 1.165) is 12.0 Å². The molecule has 2 N–H and O–H groups in total. The van der Waals surface area contributed by atoms with Gasteiger partial charge in [0.15, 0.2) is 0 Å². The van der Waals surface area contributed by atoms with Crippen LogP contribution in [0.25, 0.3) is 0 Å². The zero-order chi connectivity index (χ0) is 16.0. The van der Waals surface area contributed by atoms with E-state index >= 15 is 0 Å². The molecular formula is C15H21F3N2O. The fourth-order valence-corrected chi connectivity index (χ4v) is 2.04. The summed E-state index contributed by atoms with van der Waals surface area (Å²) in [5.74, 6) is -1.38. The van der Waals surface area contributed by atoms with E-state index in [9.17, 15) is 18.0 Å². The van der Waals surface area contributed by atoms with Crippen molar-refractivity contribution < 1.29 is 18.0 Å². The third kappa shape index (κ3) is 6.62. The van der Waals surface area contributed by atoms with Crippen molar-refractivity contribution >= 4 is 11.6 Å². The Morgan fingerprint density at radius 3 is 2.48 bits per heavy atom. The maximum Gasteiger partial charge on any atom is 0.471 e. The number of alkyl halides is 3. The maximum absolute atomic E-state index is 12.2. The van der Waals surface area contributed by atoms with Crippen molar-refractivity contribution in [1.29, 1.82) is 0 Å². The van der Waals surface area contributed by atoms with Crippen LogP contribution in [0.15, 0.2) is 24.3 Å². The zero-order valence-electron chi connectivity index (χ0n) is 12.4. The molecule has 0 aliphatic heterocycles. The highest BCUT2D eigenvalue weighted by molar-refractivity contribution is 5.94. The second kappa shape index (κ2) is 7.45. The average Bonchev–Trinajstić information content (AvgIpc) is 2.35. The zero-order valence-corrected chi connectivity index (χ0v) is 12.4. The Balaban J connectivity index is 2.58. The Labute approximate surface area is 122 Å². The van der Waals surface area contributed by atoms with E-state index in [4.69, 9.17) is 0 Å². The Bertz CT molecular complexity index is 472. The highest BCUT2D eigenvalue weighted by atomic mass is 19.4. The van der Waals surface area contributed by atoms with Gasteiger partial charge in [0.25, 0.3) is 0 Å². The Kier molecular flexibility index (Phi) is 6.20. The maximum atomic E-state index is 12.2. The Morgan fingerprint density at radius 1 is 1.24 bits per heavy atom. The van der Waals surface area contributed by atoms with Crippen LogP contribution in [0.3, 0.4) is 0 Å². The van der Waals surface area contributed by atoms with Crippen LogP contribution in [0.1, 0.15) is 32.8 Å². The fourth-order valence-electron chi connectivity index (χ4n) is 2.04. The molecule has 1 aromatic carbocycles. The molecule has 0 aromatic heterocycles. The molecule has 0 radical (unpaired) electrons. The van der Waals surface area contributed by atoms with E-state index in [0.29, 0.717) is 18.5 Å². The van der Waals surface area contributed by atoms with Gasteiger partial charge in [-0.15, -0.1) is 0 Å². The molecule has 118 valence electrons. The summed E-state index contributed by atoms with van der Waals surface area (Å²) >= 11 is 0. The van der Waals surface area contributed by atoms with Crippen LogP contribution in [0.5, 0.6) is 0 Å². The van der Waals surface area contributed by atoms with Crippen molar-refractivity contribution in [2.75, 3.05) is 5.32 Å². The molecule has 0 fully saturated rings. The molecule has 0 saturated carbocycles. The van der Waals surface area contributed by atoms with E-state index in [1.807, 2.05) is 5.32 Å². The molecule has 3 nitrogen and oxygen atoms in total. The summed E-state index contributed by atoms with van der Waals surface area (Å²) in [6, 6.07) is 6.72. The van der Waals surface area contributed by atoms with Crippen LogP contribution < -0.4 is 10.6 Å². The summed E-state index contributed by atoms with van der Waals surface area (Å²) in [6.07, 6.45) is -3.86. The molecule has 0 heterocycles. The molecule has 0 aliphatic carbocycles. The van der Waals surface area contributed by atoms with Gasteiger partial charge in [0.1, 0.15) is 0 Å². The third-order valence-corrected chi connectivity index (χ3v) is 2.92. The lowest BCUT2D eigenvalue weighted by molar-refractivity contribution is -0.167. The van der Waals surface area contributed by atoms with Crippen molar-refractivity contribution in [2.24, 2.45) is 5.92 Å². The highest BCUT2D eigenvalue weighted by Crippen LogP contribution is 2.19. The van der Waals surface area contributed by atoms with Crippen LogP contribution in [0.4, 0.5) is 18.9 Å². The van der Waals surface area contributed by atoms with Crippen molar-refractivity contribution in [2.45, 2.75) is 46.0 Å². The molecule has 0 aliphatic rings. The van der Waals surface area contributed by atoms with Gasteiger partial charge < -0.3 is 10.6 Å². The minimum Gasteiger partial charge on any atom is -0.318 e. The highest BCUT2D eigenvalue weighted by Gasteiger charge is 2.38. The molecule has 21 heavy (non-hydrogen) atoms. The number of amides is 1. The molecule has 0 spiro atoms. The largest absolute Gasteiger partial charge is 0.471 e. The topological polar surface area (TPSA) is 41.1 Å². The summed E-state index contributed by atoms with van der Waals surface area (Å²) < 4.78 is 36.6. The Hall–Kier alpha value is -1.56. The third-order valence-electron chi connectivity index (χ3n) is 2.92. The van der Waals surface area contributed by atoms with Crippen LogP contribution >= 0.6 is 0 Å². The van der Waals surface area contributed by atoms with Crippen molar-refractivity contribution in [3.05, 3.63) is 29.8 Å². The number of carbonyl (C=O) groups is 1. The second-order valence-electron chi connectivity index (χ2n) is 5.56. The predicted octanol–water partition coefficient (Wildman–Crippen LogP) is 3.71. The average molecular weight is 302 g/mol. The van der Waals surface area contributed by atoms with Gasteiger partial charge in [-0.1, -0.05) is 26.0 Å². The number of benzene rings is 1. The number of rotatable bonds is 6. The molecule has 0 saturated heterocycles. The van der Waals surface area contributed by atoms with Crippen molar-refractivity contribution in [3.8, 4) is 0 Å². The number of hydrogen-bond acceptors (Lipinski definition) is 2. The van der Waals surface area contributed by atoms with E-state index in [-0.39, 0.29) is 5.69 Å². The van der Waals surface area contributed by atoms with Crippen molar-refractivity contribution in [3.63, 3.8) is 0 Å². The monoisotopic (exact) mass is 302 g/mol. The first kappa shape index (κ1) is 17.5. The van der Waals surface area contributed by atoms with Crippen LogP contribution in [-0.4, -0.2) is 18.1 Å². The minimum atomic E-state index is -4.87. The standard InChI is InChI=1S/C15H21F3N2O/c1-10(2)7-11(3)19-9-12-5-4-6-13(8-12)20-14(21)15(16,17)18/h4-6,8,10-11,19H,7,9H2,1-3H3,(H,20,21). The van der Waals surface area contributed by atoms with Gasteiger partial charge in [-0.25, -0.2) is 0 Å². The second-order valence-corrected chi connectivity index (χ2v) is 5.56. The van der Waals surface area contributed by atoms with Gasteiger partial charge in [0, 0.05) is 18.3 Å². The molecule has 1 atom stereocenters.